The minimum atomic E-state index is -0.120. The average Bonchev–Trinajstić information content (AvgIpc) is 3.13. The van der Waals surface area contributed by atoms with Crippen molar-refractivity contribution < 1.29 is 4.79 Å². The van der Waals surface area contributed by atoms with E-state index < -0.39 is 0 Å². The van der Waals surface area contributed by atoms with Gasteiger partial charge in [0.1, 0.15) is 5.65 Å². The number of rotatable bonds is 4. The summed E-state index contributed by atoms with van der Waals surface area (Å²) in [6, 6.07) is 3.76. The highest BCUT2D eigenvalue weighted by Gasteiger charge is 2.21. The van der Waals surface area contributed by atoms with E-state index in [4.69, 9.17) is 0 Å². The third-order valence-electron chi connectivity index (χ3n) is 3.14. The van der Waals surface area contributed by atoms with Crippen molar-refractivity contribution in [2.75, 3.05) is 6.54 Å². The van der Waals surface area contributed by atoms with E-state index in [1.54, 1.807) is 0 Å². The number of carbonyl (C=O) groups excluding carboxylic acids is 1. The summed E-state index contributed by atoms with van der Waals surface area (Å²) in [4.78, 5) is 16.0. The molecule has 2 heterocycles. The van der Waals surface area contributed by atoms with Crippen LogP contribution >= 0.6 is 15.9 Å². The molecule has 2 aromatic heterocycles. The fraction of sp³-hybridized carbons (Fsp3) is 0.385. The minimum Gasteiger partial charge on any atom is -0.338 e. The molecule has 0 aliphatic heterocycles. The van der Waals surface area contributed by atoms with Crippen LogP contribution in [0, 0.1) is 5.92 Å². The van der Waals surface area contributed by atoms with Crippen molar-refractivity contribution in [1.82, 2.24) is 20.0 Å². The Morgan fingerprint density at radius 1 is 1.37 bits per heavy atom. The average molecular weight is 323 g/mol. The SMILES string of the molecule is O=C(NCc1cn2cc(Br)ccc2n1)NCC1CC1. The lowest BCUT2D eigenvalue weighted by Gasteiger charge is -2.04. The van der Waals surface area contributed by atoms with Crippen LogP contribution < -0.4 is 10.6 Å². The summed E-state index contributed by atoms with van der Waals surface area (Å²) in [5, 5.41) is 5.69. The largest absolute Gasteiger partial charge is 0.338 e. The third-order valence-corrected chi connectivity index (χ3v) is 3.61. The number of carbonyl (C=O) groups is 1. The van der Waals surface area contributed by atoms with Gasteiger partial charge in [0.05, 0.1) is 12.2 Å². The minimum absolute atomic E-state index is 0.120. The Morgan fingerprint density at radius 3 is 3.00 bits per heavy atom. The number of aromatic nitrogens is 2. The molecule has 19 heavy (non-hydrogen) atoms. The molecule has 0 atom stereocenters. The number of imidazole rings is 1. The summed E-state index contributed by atoms with van der Waals surface area (Å²) in [5.74, 6) is 0.693. The Labute approximate surface area is 119 Å². The van der Waals surface area contributed by atoms with Gasteiger partial charge in [-0.15, -0.1) is 0 Å². The molecule has 2 N–H and O–H groups in total. The molecule has 1 aliphatic rings. The van der Waals surface area contributed by atoms with Crippen LogP contribution in [0.25, 0.3) is 5.65 Å². The van der Waals surface area contributed by atoms with Gasteiger partial charge in [0, 0.05) is 23.4 Å². The molecule has 0 aromatic carbocycles. The molecule has 1 saturated carbocycles. The second-order valence-electron chi connectivity index (χ2n) is 4.85. The van der Waals surface area contributed by atoms with E-state index in [9.17, 15) is 4.79 Å². The lowest BCUT2D eigenvalue weighted by atomic mass is 10.4. The Morgan fingerprint density at radius 2 is 2.21 bits per heavy atom. The van der Waals surface area contributed by atoms with Crippen molar-refractivity contribution in [2.45, 2.75) is 19.4 Å². The molecular formula is C13H15BrN4O. The predicted octanol–water partition coefficient (Wildman–Crippen LogP) is 2.31. The van der Waals surface area contributed by atoms with E-state index in [-0.39, 0.29) is 6.03 Å². The molecule has 100 valence electrons. The van der Waals surface area contributed by atoms with Crippen molar-refractivity contribution in [3.63, 3.8) is 0 Å². The third kappa shape index (κ3) is 3.26. The quantitative estimate of drug-likeness (QED) is 0.907. The monoisotopic (exact) mass is 322 g/mol. The van der Waals surface area contributed by atoms with Crippen LogP contribution in [0.4, 0.5) is 4.79 Å². The zero-order valence-electron chi connectivity index (χ0n) is 10.4. The lowest BCUT2D eigenvalue weighted by molar-refractivity contribution is 0.240. The molecule has 0 spiro atoms. The Balaban J connectivity index is 1.56. The molecule has 1 fully saturated rings. The van der Waals surface area contributed by atoms with E-state index in [1.165, 1.54) is 12.8 Å². The van der Waals surface area contributed by atoms with Crippen molar-refractivity contribution in [1.29, 1.82) is 0 Å². The topological polar surface area (TPSA) is 58.4 Å². The van der Waals surface area contributed by atoms with Crippen molar-refractivity contribution in [2.24, 2.45) is 5.92 Å². The fourth-order valence-electron chi connectivity index (χ4n) is 1.89. The van der Waals surface area contributed by atoms with E-state index in [0.717, 1.165) is 22.4 Å². The number of amides is 2. The first-order chi connectivity index (χ1) is 9.20. The van der Waals surface area contributed by atoms with Gasteiger partial charge in [-0.2, -0.15) is 0 Å². The second kappa shape index (κ2) is 5.21. The van der Waals surface area contributed by atoms with Crippen LogP contribution in [0.15, 0.2) is 29.0 Å². The van der Waals surface area contributed by atoms with Crippen LogP contribution in [-0.2, 0) is 6.54 Å². The molecular weight excluding hydrogens is 308 g/mol. The molecule has 0 bridgehead atoms. The molecule has 5 nitrogen and oxygen atoms in total. The van der Waals surface area contributed by atoms with Gasteiger partial charge < -0.3 is 15.0 Å². The normalized spacial score (nSPS) is 14.6. The standard InChI is InChI=1S/C13H15BrN4O/c14-10-3-4-12-17-11(8-18(12)7-10)6-16-13(19)15-5-9-1-2-9/h3-4,7-9H,1-2,5-6H2,(H2,15,16,19). The first-order valence-electron chi connectivity index (χ1n) is 6.35. The summed E-state index contributed by atoms with van der Waals surface area (Å²) in [5.41, 5.74) is 1.72. The van der Waals surface area contributed by atoms with Crippen molar-refractivity contribution in [3.05, 3.63) is 34.7 Å². The number of urea groups is 1. The van der Waals surface area contributed by atoms with Crippen LogP contribution in [-0.4, -0.2) is 22.0 Å². The van der Waals surface area contributed by atoms with Gasteiger partial charge in [0.25, 0.3) is 0 Å². The number of hydrogen-bond donors (Lipinski definition) is 2. The van der Waals surface area contributed by atoms with Crippen molar-refractivity contribution in [3.8, 4) is 0 Å². The number of halogens is 1. The van der Waals surface area contributed by atoms with Crippen LogP contribution in [0.2, 0.25) is 0 Å². The lowest BCUT2D eigenvalue weighted by Crippen LogP contribution is -2.36. The highest BCUT2D eigenvalue weighted by atomic mass is 79.9. The second-order valence-corrected chi connectivity index (χ2v) is 5.77. The maximum atomic E-state index is 11.6. The molecule has 3 rings (SSSR count). The van der Waals surface area contributed by atoms with Gasteiger partial charge in [0.15, 0.2) is 0 Å². The maximum absolute atomic E-state index is 11.6. The van der Waals surface area contributed by atoms with Crippen molar-refractivity contribution >= 4 is 27.6 Å². The molecule has 2 aromatic rings. The first kappa shape index (κ1) is 12.5. The Hall–Kier alpha value is -1.56. The van der Waals surface area contributed by atoms with E-state index in [1.807, 2.05) is 28.9 Å². The summed E-state index contributed by atoms with van der Waals surface area (Å²) >= 11 is 3.42. The van der Waals surface area contributed by atoms with Gasteiger partial charge in [0.2, 0.25) is 0 Å². The van der Waals surface area contributed by atoms with Gasteiger partial charge in [-0.25, -0.2) is 9.78 Å². The van der Waals surface area contributed by atoms with E-state index >= 15 is 0 Å². The summed E-state index contributed by atoms with van der Waals surface area (Å²) in [7, 11) is 0. The number of hydrogen-bond acceptors (Lipinski definition) is 2. The molecule has 0 radical (unpaired) electrons. The molecule has 2 amide bonds. The van der Waals surface area contributed by atoms with Gasteiger partial charge >= 0.3 is 6.03 Å². The molecule has 0 saturated heterocycles. The van der Waals surface area contributed by atoms with Crippen LogP contribution in [0.5, 0.6) is 0 Å². The summed E-state index contributed by atoms with van der Waals surface area (Å²) in [6.07, 6.45) is 6.34. The van der Waals surface area contributed by atoms with E-state index in [2.05, 4.69) is 31.5 Å². The summed E-state index contributed by atoms with van der Waals surface area (Å²) < 4.78 is 2.93. The number of fused-ring (bicyclic) bond motifs is 1. The van der Waals surface area contributed by atoms with Gasteiger partial charge in [-0.1, -0.05) is 0 Å². The molecule has 1 aliphatic carbocycles. The predicted molar refractivity (Wildman–Crippen MR) is 75.9 cm³/mol. The van der Waals surface area contributed by atoms with Gasteiger partial charge in [-0.05, 0) is 46.8 Å². The fourth-order valence-corrected chi connectivity index (χ4v) is 2.25. The smallest absolute Gasteiger partial charge is 0.315 e. The zero-order valence-corrected chi connectivity index (χ0v) is 12.0. The first-order valence-corrected chi connectivity index (χ1v) is 7.15. The highest BCUT2D eigenvalue weighted by Crippen LogP contribution is 2.27. The van der Waals surface area contributed by atoms with Crippen LogP contribution in [0.1, 0.15) is 18.5 Å². The Kier molecular flexibility index (Phi) is 3.42. The molecule has 0 unspecified atom stereocenters. The Bertz CT molecular complexity index is 606. The summed E-state index contributed by atoms with van der Waals surface area (Å²) in [6.45, 7) is 1.22. The molecule has 6 heteroatoms. The number of nitrogens with zero attached hydrogens (tertiary/aromatic N) is 2. The van der Waals surface area contributed by atoms with E-state index in [0.29, 0.717) is 12.5 Å². The number of pyridine rings is 1. The zero-order chi connectivity index (χ0) is 13.2. The van der Waals surface area contributed by atoms with Crippen LogP contribution in [0.3, 0.4) is 0 Å². The highest BCUT2D eigenvalue weighted by molar-refractivity contribution is 9.10. The number of nitrogens with one attached hydrogen (secondary N) is 2. The maximum Gasteiger partial charge on any atom is 0.315 e. The van der Waals surface area contributed by atoms with Gasteiger partial charge in [-0.3, -0.25) is 0 Å².